The number of nitrogens with one attached hydrogen (secondary N) is 1. The molecule has 0 amide bonds. The lowest BCUT2D eigenvalue weighted by atomic mass is 9.95. The van der Waals surface area contributed by atoms with Crippen LogP contribution in [0.25, 0.3) is 0 Å². The predicted molar refractivity (Wildman–Crippen MR) is 91.6 cm³/mol. The molecular formula is C19H32N2. The normalized spacial score (nSPS) is 21.1. The largest absolute Gasteiger partial charge is 0.316 e. The Bertz CT molecular complexity index is 410. The maximum absolute atomic E-state index is 3.43. The molecule has 2 nitrogen and oxygen atoms in total. The molecule has 1 aromatic carbocycles. The zero-order valence-electron chi connectivity index (χ0n) is 14.2. The summed E-state index contributed by atoms with van der Waals surface area (Å²) in [4.78, 5) is 2.61. The molecule has 2 rings (SSSR count). The molecule has 0 aliphatic carbocycles. The molecule has 1 aromatic rings. The molecule has 0 spiro atoms. The molecule has 1 N–H and O–H groups in total. The SMILES string of the molecule is CCNCC(C)c1ccc(CN2CCC(C(C)C)C2)cc1. The summed E-state index contributed by atoms with van der Waals surface area (Å²) in [6.07, 6.45) is 1.37. The molecule has 1 fully saturated rings. The van der Waals surface area contributed by atoms with E-state index in [9.17, 15) is 0 Å². The van der Waals surface area contributed by atoms with Gasteiger partial charge in [0.15, 0.2) is 0 Å². The van der Waals surface area contributed by atoms with Crippen LogP contribution in [0.5, 0.6) is 0 Å². The second-order valence-electron chi connectivity index (χ2n) is 6.98. The van der Waals surface area contributed by atoms with Crippen molar-refractivity contribution in [3.8, 4) is 0 Å². The summed E-state index contributed by atoms with van der Waals surface area (Å²) < 4.78 is 0. The van der Waals surface area contributed by atoms with Gasteiger partial charge in [-0.25, -0.2) is 0 Å². The number of rotatable bonds is 7. The standard InChI is InChI=1S/C19H32N2/c1-5-20-12-16(4)18-8-6-17(7-9-18)13-21-11-10-19(14-21)15(2)3/h6-9,15-16,19-20H,5,10-14H2,1-4H3. The van der Waals surface area contributed by atoms with Gasteiger partial charge in [-0.2, -0.15) is 0 Å². The smallest absolute Gasteiger partial charge is 0.0233 e. The van der Waals surface area contributed by atoms with Crippen LogP contribution in [0, 0.1) is 11.8 Å². The molecule has 0 aromatic heterocycles. The van der Waals surface area contributed by atoms with Crippen molar-refractivity contribution in [1.29, 1.82) is 0 Å². The van der Waals surface area contributed by atoms with Crippen LogP contribution in [-0.4, -0.2) is 31.1 Å². The highest BCUT2D eigenvalue weighted by Gasteiger charge is 2.24. The number of nitrogens with zero attached hydrogens (tertiary/aromatic N) is 1. The van der Waals surface area contributed by atoms with Crippen molar-refractivity contribution in [2.75, 3.05) is 26.2 Å². The summed E-state index contributed by atoms with van der Waals surface area (Å²) in [5.74, 6) is 2.31. The van der Waals surface area contributed by atoms with E-state index in [1.54, 1.807) is 0 Å². The quantitative estimate of drug-likeness (QED) is 0.819. The van der Waals surface area contributed by atoms with Crippen LogP contribution in [-0.2, 0) is 6.54 Å². The fourth-order valence-electron chi connectivity index (χ4n) is 3.24. The van der Waals surface area contributed by atoms with Crippen molar-refractivity contribution in [3.63, 3.8) is 0 Å². The monoisotopic (exact) mass is 288 g/mol. The van der Waals surface area contributed by atoms with Gasteiger partial charge >= 0.3 is 0 Å². The molecule has 1 heterocycles. The van der Waals surface area contributed by atoms with Gasteiger partial charge in [0.25, 0.3) is 0 Å². The zero-order chi connectivity index (χ0) is 15.2. The van der Waals surface area contributed by atoms with Gasteiger partial charge in [0, 0.05) is 19.6 Å². The van der Waals surface area contributed by atoms with Gasteiger partial charge in [0.2, 0.25) is 0 Å². The predicted octanol–water partition coefficient (Wildman–Crippen LogP) is 3.88. The molecule has 118 valence electrons. The number of benzene rings is 1. The molecule has 1 aliphatic rings. The van der Waals surface area contributed by atoms with Crippen LogP contribution in [0.4, 0.5) is 0 Å². The van der Waals surface area contributed by atoms with Crippen LogP contribution < -0.4 is 5.32 Å². The highest BCUT2D eigenvalue weighted by atomic mass is 15.1. The Morgan fingerprint density at radius 3 is 2.48 bits per heavy atom. The Labute approximate surface area is 130 Å². The van der Waals surface area contributed by atoms with Crippen LogP contribution >= 0.6 is 0 Å². The number of likely N-dealkylation sites (tertiary alicyclic amines) is 1. The Hall–Kier alpha value is -0.860. The Kier molecular flexibility index (Phi) is 6.25. The minimum atomic E-state index is 0.594. The average Bonchev–Trinajstić information content (AvgIpc) is 2.94. The lowest BCUT2D eigenvalue weighted by Gasteiger charge is -2.18. The maximum atomic E-state index is 3.43. The van der Waals surface area contributed by atoms with Crippen LogP contribution in [0.1, 0.15) is 51.2 Å². The fraction of sp³-hybridized carbons (Fsp3) is 0.684. The van der Waals surface area contributed by atoms with Crippen molar-refractivity contribution in [2.24, 2.45) is 11.8 Å². The lowest BCUT2D eigenvalue weighted by molar-refractivity contribution is 0.297. The summed E-state index contributed by atoms with van der Waals surface area (Å²) in [5.41, 5.74) is 2.90. The zero-order valence-corrected chi connectivity index (χ0v) is 14.2. The van der Waals surface area contributed by atoms with Crippen LogP contribution in [0.15, 0.2) is 24.3 Å². The van der Waals surface area contributed by atoms with E-state index in [4.69, 9.17) is 0 Å². The topological polar surface area (TPSA) is 15.3 Å². The molecule has 1 saturated heterocycles. The van der Waals surface area contributed by atoms with E-state index >= 15 is 0 Å². The Morgan fingerprint density at radius 1 is 1.19 bits per heavy atom. The van der Waals surface area contributed by atoms with Crippen molar-refractivity contribution in [1.82, 2.24) is 10.2 Å². The molecule has 1 aliphatic heterocycles. The molecule has 0 bridgehead atoms. The van der Waals surface area contributed by atoms with E-state index in [0.29, 0.717) is 5.92 Å². The highest BCUT2D eigenvalue weighted by Crippen LogP contribution is 2.25. The van der Waals surface area contributed by atoms with Crippen molar-refractivity contribution < 1.29 is 0 Å². The van der Waals surface area contributed by atoms with Gasteiger partial charge in [0.1, 0.15) is 0 Å². The van der Waals surface area contributed by atoms with Gasteiger partial charge in [-0.05, 0) is 48.4 Å². The second kappa shape index (κ2) is 7.95. The van der Waals surface area contributed by atoms with E-state index in [2.05, 4.69) is 62.2 Å². The third kappa shape index (κ3) is 4.82. The van der Waals surface area contributed by atoms with Crippen molar-refractivity contribution in [2.45, 2.75) is 46.6 Å². The van der Waals surface area contributed by atoms with E-state index in [0.717, 1.165) is 31.5 Å². The van der Waals surface area contributed by atoms with E-state index < -0.39 is 0 Å². The van der Waals surface area contributed by atoms with Crippen molar-refractivity contribution in [3.05, 3.63) is 35.4 Å². The molecule has 2 heteroatoms. The van der Waals surface area contributed by atoms with E-state index in [1.807, 2.05) is 0 Å². The number of likely N-dealkylation sites (N-methyl/N-ethyl adjacent to an activating group) is 1. The van der Waals surface area contributed by atoms with Gasteiger partial charge in [-0.15, -0.1) is 0 Å². The van der Waals surface area contributed by atoms with Crippen molar-refractivity contribution >= 4 is 0 Å². The van der Waals surface area contributed by atoms with Gasteiger partial charge in [-0.3, -0.25) is 4.90 Å². The lowest BCUT2D eigenvalue weighted by Crippen LogP contribution is -2.21. The molecule has 2 unspecified atom stereocenters. The molecule has 0 saturated carbocycles. The first-order chi connectivity index (χ1) is 10.1. The molecular weight excluding hydrogens is 256 g/mol. The third-order valence-electron chi connectivity index (χ3n) is 4.91. The average molecular weight is 288 g/mol. The summed E-state index contributed by atoms with van der Waals surface area (Å²) in [5, 5.41) is 3.43. The van der Waals surface area contributed by atoms with Gasteiger partial charge < -0.3 is 5.32 Å². The van der Waals surface area contributed by atoms with Gasteiger partial charge in [-0.1, -0.05) is 52.0 Å². The second-order valence-corrected chi connectivity index (χ2v) is 6.98. The van der Waals surface area contributed by atoms with Crippen LogP contribution in [0.2, 0.25) is 0 Å². The summed E-state index contributed by atoms with van der Waals surface area (Å²) in [7, 11) is 0. The Morgan fingerprint density at radius 2 is 1.90 bits per heavy atom. The summed E-state index contributed by atoms with van der Waals surface area (Å²) >= 11 is 0. The molecule has 21 heavy (non-hydrogen) atoms. The first kappa shape index (κ1) is 16.5. The van der Waals surface area contributed by atoms with Crippen LogP contribution in [0.3, 0.4) is 0 Å². The maximum Gasteiger partial charge on any atom is 0.0233 e. The van der Waals surface area contributed by atoms with E-state index in [-0.39, 0.29) is 0 Å². The molecule has 2 atom stereocenters. The number of hydrogen-bond acceptors (Lipinski definition) is 2. The minimum Gasteiger partial charge on any atom is -0.316 e. The summed E-state index contributed by atoms with van der Waals surface area (Å²) in [6.45, 7) is 14.9. The highest BCUT2D eigenvalue weighted by molar-refractivity contribution is 5.25. The number of hydrogen-bond donors (Lipinski definition) is 1. The van der Waals surface area contributed by atoms with E-state index in [1.165, 1.54) is 30.6 Å². The summed E-state index contributed by atoms with van der Waals surface area (Å²) in [6, 6.07) is 9.27. The first-order valence-electron chi connectivity index (χ1n) is 8.62. The first-order valence-corrected chi connectivity index (χ1v) is 8.62. The molecule has 0 radical (unpaired) electrons. The Balaban J connectivity index is 1.85. The minimum absolute atomic E-state index is 0.594. The van der Waals surface area contributed by atoms with Gasteiger partial charge in [0.05, 0.1) is 0 Å². The third-order valence-corrected chi connectivity index (χ3v) is 4.91. The fourth-order valence-corrected chi connectivity index (χ4v) is 3.24.